The molecule has 0 aliphatic heterocycles. The molecule has 0 atom stereocenters. The van der Waals surface area contributed by atoms with E-state index in [4.69, 9.17) is 4.74 Å². The van der Waals surface area contributed by atoms with Crippen molar-refractivity contribution in [1.82, 2.24) is 5.32 Å². The fraction of sp³-hybridized carbons (Fsp3) is 0.278. The maximum atomic E-state index is 12.0. The Bertz CT molecular complexity index is 630. The minimum atomic E-state index is -0.0511. The minimum absolute atomic E-state index is 0. The molecular weight excluding hydrogens is 312 g/mol. The smallest absolute Gasteiger partial charge is 0.238 e. The molecule has 5 heteroatoms. The summed E-state index contributed by atoms with van der Waals surface area (Å²) in [4.78, 5) is 12.0. The first-order valence-electron chi connectivity index (χ1n) is 7.64. The van der Waals surface area contributed by atoms with Crippen LogP contribution < -0.4 is 15.4 Å². The second-order valence-corrected chi connectivity index (χ2v) is 5.53. The van der Waals surface area contributed by atoms with Crippen LogP contribution in [0.5, 0.6) is 11.5 Å². The maximum Gasteiger partial charge on any atom is 0.238 e. The van der Waals surface area contributed by atoms with Crippen LogP contribution in [0.3, 0.4) is 0 Å². The van der Waals surface area contributed by atoms with Crippen molar-refractivity contribution in [3.63, 3.8) is 0 Å². The van der Waals surface area contributed by atoms with E-state index in [9.17, 15) is 4.79 Å². The first-order valence-corrected chi connectivity index (χ1v) is 7.64. The summed E-state index contributed by atoms with van der Waals surface area (Å²) in [5.74, 6) is 2.10. The van der Waals surface area contributed by atoms with E-state index in [1.165, 1.54) is 12.8 Å². The molecule has 1 amide bonds. The Hall–Kier alpha value is -2.04. The number of rotatable bonds is 7. The minimum Gasteiger partial charge on any atom is -0.455 e. The predicted octanol–water partition coefficient (Wildman–Crippen LogP) is 3.84. The quantitative estimate of drug-likeness (QED) is 0.810. The zero-order valence-electron chi connectivity index (χ0n) is 12.8. The Balaban J connectivity index is 0.00000192. The molecule has 122 valence electrons. The molecule has 23 heavy (non-hydrogen) atoms. The van der Waals surface area contributed by atoms with Gasteiger partial charge in [0.1, 0.15) is 5.75 Å². The molecule has 0 heterocycles. The lowest BCUT2D eigenvalue weighted by atomic mass is 10.3. The van der Waals surface area contributed by atoms with Crippen LogP contribution in [0.4, 0.5) is 5.69 Å². The maximum absolute atomic E-state index is 12.0. The first-order chi connectivity index (χ1) is 10.8. The molecule has 3 rings (SSSR count). The van der Waals surface area contributed by atoms with Gasteiger partial charge in [0.2, 0.25) is 5.91 Å². The van der Waals surface area contributed by atoms with Crippen molar-refractivity contribution in [2.24, 2.45) is 5.92 Å². The van der Waals surface area contributed by atoms with Crippen molar-refractivity contribution in [3.05, 3.63) is 54.6 Å². The van der Waals surface area contributed by atoms with Crippen molar-refractivity contribution in [3.8, 4) is 11.5 Å². The van der Waals surface area contributed by atoms with Gasteiger partial charge in [-0.3, -0.25) is 4.79 Å². The number of carbonyl (C=O) groups is 1. The normalized spacial score (nSPS) is 13.0. The van der Waals surface area contributed by atoms with E-state index in [0.717, 1.165) is 18.2 Å². The summed E-state index contributed by atoms with van der Waals surface area (Å²) in [5, 5.41) is 6.08. The Morgan fingerprint density at radius 2 is 1.74 bits per heavy atom. The van der Waals surface area contributed by atoms with Gasteiger partial charge in [-0.2, -0.15) is 0 Å². The van der Waals surface area contributed by atoms with Crippen molar-refractivity contribution in [2.45, 2.75) is 12.8 Å². The zero-order chi connectivity index (χ0) is 15.2. The third kappa shape index (κ3) is 5.58. The predicted molar refractivity (Wildman–Crippen MR) is 94.4 cm³/mol. The van der Waals surface area contributed by atoms with E-state index >= 15 is 0 Å². The molecule has 4 nitrogen and oxygen atoms in total. The van der Waals surface area contributed by atoms with Gasteiger partial charge in [-0.1, -0.05) is 30.3 Å². The highest BCUT2D eigenvalue weighted by atomic mass is 35.5. The van der Waals surface area contributed by atoms with E-state index in [0.29, 0.717) is 18.0 Å². The van der Waals surface area contributed by atoms with Crippen molar-refractivity contribution in [1.29, 1.82) is 0 Å². The number of hydrogen-bond acceptors (Lipinski definition) is 3. The first kappa shape index (κ1) is 17.3. The number of para-hydroxylation sites is 3. The van der Waals surface area contributed by atoms with E-state index < -0.39 is 0 Å². The molecule has 2 N–H and O–H groups in total. The van der Waals surface area contributed by atoms with Gasteiger partial charge >= 0.3 is 0 Å². The molecule has 1 aliphatic carbocycles. The molecule has 1 aliphatic rings. The van der Waals surface area contributed by atoms with Crippen LogP contribution in [0.2, 0.25) is 0 Å². The van der Waals surface area contributed by atoms with Gasteiger partial charge in [-0.15, -0.1) is 12.4 Å². The van der Waals surface area contributed by atoms with E-state index in [1.807, 2.05) is 54.6 Å². The van der Waals surface area contributed by atoms with Crippen molar-refractivity contribution >= 4 is 24.0 Å². The highest BCUT2D eigenvalue weighted by molar-refractivity contribution is 5.93. The fourth-order valence-corrected chi connectivity index (χ4v) is 2.18. The summed E-state index contributed by atoms with van der Waals surface area (Å²) < 4.78 is 5.83. The van der Waals surface area contributed by atoms with Gasteiger partial charge < -0.3 is 15.4 Å². The average Bonchev–Trinajstić information content (AvgIpc) is 3.35. The lowest BCUT2D eigenvalue weighted by Gasteiger charge is -2.12. The van der Waals surface area contributed by atoms with Crippen LogP contribution in [0, 0.1) is 5.92 Å². The molecule has 0 bridgehead atoms. The molecule has 2 aromatic carbocycles. The van der Waals surface area contributed by atoms with Gasteiger partial charge in [0, 0.05) is 0 Å². The molecule has 1 saturated carbocycles. The lowest BCUT2D eigenvalue weighted by molar-refractivity contribution is -0.115. The Morgan fingerprint density at radius 3 is 2.48 bits per heavy atom. The molecule has 1 fully saturated rings. The number of hydrogen-bond donors (Lipinski definition) is 2. The molecule has 2 aromatic rings. The summed E-state index contributed by atoms with van der Waals surface area (Å²) in [6.45, 7) is 1.26. The van der Waals surface area contributed by atoms with Crippen molar-refractivity contribution < 1.29 is 9.53 Å². The van der Waals surface area contributed by atoms with Gasteiger partial charge in [-0.25, -0.2) is 0 Å². The summed E-state index contributed by atoms with van der Waals surface area (Å²) in [7, 11) is 0. The van der Waals surface area contributed by atoms with Gasteiger partial charge in [0.15, 0.2) is 5.75 Å². The topological polar surface area (TPSA) is 50.4 Å². The second kappa shape index (κ2) is 8.56. The van der Waals surface area contributed by atoms with E-state index in [1.54, 1.807) is 0 Å². The molecule has 0 radical (unpaired) electrons. The molecular formula is C18H21ClN2O2. The monoisotopic (exact) mass is 332 g/mol. The standard InChI is InChI=1S/C18H20N2O2.ClH/c21-18(13-19-12-14-10-11-14)20-16-8-4-5-9-17(16)22-15-6-2-1-3-7-15;/h1-9,14,19H,10-13H2,(H,20,21);1H. The second-order valence-electron chi connectivity index (χ2n) is 5.53. The van der Waals surface area contributed by atoms with Crippen LogP contribution in [-0.4, -0.2) is 19.0 Å². The largest absolute Gasteiger partial charge is 0.455 e. The van der Waals surface area contributed by atoms with Crippen LogP contribution in [0.15, 0.2) is 54.6 Å². The molecule has 0 unspecified atom stereocenters. The number of carbonyl (C=O) groups excluding carboxylic acids is 1. The highest BCUT2D eigenvalue weighted by Crippen LogP contribution is 2.29. The van der Waals surface area contributed by atoms with Crippen LogP contribution in [0.25, 0.3) is 0 Å². The van der Waals surface area contributed by atoms with E-state index in [-0.39, 0.29) is 18.3 Å². The van der Waals surface area contributed by atoms with Gasteiger partial charge in [0.05, 0.1) is 12.2 Å². The van der Waals surface area contributed by atoms with Crippen LogP contribution >= 0.6 is 12.4 Å². The van der Waals surface area contributed by atoms with Gasteiger partial charge in [-0.05, 0) is 49.6 Å². The number of anilines is 1. The van der Waals surface area contributed by atoms with Crippen LogP contribution in [-0.2, 0) is 4.79 Å². The third-order valence-electron chi connectivity index (χ3n) is 3.55. The summed E-state index contributed by atoms with van der Waals surface area (Å²) in [5.41, 5.74) is 0.685. The highest BCUT2D eigenvalue weighted by Gasteiger charge is 2.20. The van der Waals surface area contributed by atoms with Gasteiger partial charge in [0.25, 0.3) is 0 Å². The third-order valence-corrected chi connectivity index (χ3v) is 3.55. The number of benzene rings is 2. The van der Waals surface area contributed by atoms with Crippen molar-refractivity contribution in [2.75, 3.05) is 18.4 Å². The van der Waals surface area contributed by atoms with Crippen LogP contribution in [0.1, 0.15) is 12.8 Å². The Kier molecular flexibility index (Phi) is 6.44. The number of ether oxygens (including phenoxy) is 1. The summed E-state index contributed by atoms with van der Waals surface area (Å²) in [6.07, 6.45) is 2.56. The lowest BCUT2D eigenvalue weighted by Crippen LogP contribution is -2.29. The molecule has 0 aromatic heterocycles. The van der Waals surface area contributed by atoms with E-state index in [2.05, 4.69) is 10.6 Å². The number of nitrogens with one attached hydrogen (secondary N) is 2. The average molecular weight is 333 g/mol. The summed E-state index contributed by atoms with van der Waals surface area (Å²) in [6, 6.07) is 17.0. The SMILES string of the molecule is Cl.O=C(CNCC1CC1)Nc1ccccc1Oc1ccccc1. The Labute approximate surface area is 142 Å². The molecule has 0 saturated heterocycles. The molecule has 0 spiro atoms. The zero-order valence-corrected chi connectivity index (χ0v) is 13.6. The fourth-order valence-electron chi connectivity index (χ4n) is 2.18. The number of halogens is 1. The number of amides is 1. The Morgan fingerprint density at radius 1 is 1.04 bits per heavy atom. The summed E-state index contributed by atoms with van der Waals surface area (Å²) >= 11 is 0.